The van der Waals surface area contributed by atoms with Crippen molar-refractivity contribution in [3.05, 3.63) is 42.9 Å². The Labute approximate surface area is 124 Å². The highest BCUT2D eigenvalue weighted by molar-refractivity contribution is 5.36. The highest BCUT2D eigenvalue weighted by Gasteiger charge is 2.23. The van der Waals surface area contributed by atoms with E-state index in [4.69, 9.17) is 0 Å². The van der Waals surface area contributed by atoms with E-state index in [0.29, 0.717) is 6.04 Å². The minimum atomic E-state index is 0.543. The molecule has 2 aromatic rings. The number of piperidine rings is 1. The lowest BCUT2D eigenvalue weighted by atomic mass is 10.0. The first-order valence-corrected chi connectivity index (χ1v) is 7.29. The van der Waals surface area contributed by atoms with E-state index < -0.39 is 0 Å². The number of anilines is 1. The van der Waals surface area contributed by atoms with Crippen molar-refractivity contribution in [3.8, 4) is 0 Å². The number of nitrogens with zero attached hydrogens (tertiary/aromatic N) is 6. The molecule has 0 N–H and O–H groups in total. The summed E-state index contributed by atoms with van der Waals surface area (Å²) in [4.78, 5) is 21.3. The fourth-order valence-electron chi connectivity index (χ4n) is 2.78. The van der Waals surface area contributed by atoms with Crippen molar-refractivity contribution in [2.75, 3.05) is 25.0 Å². The van der Waals surface area contributed by atoms with Crippen LogP contribution in [0.1, 0.15) is 18.5 Å². The topological polar surface area (TPSA) is 58.0 Å². The highest BCUT2D eigenvalue weighted by Crippen LogP contribution is 2.20. The van der Waals surface area contributed by atoms with Crippen LogP contribution in [0.2, 0.25) is 0 Å². The minimum Gasteiger partial charge on any atom is -0.356 e. The maximum absolute atomic E-state index is 4.32. The maximum Gasteiger partial charge on any atom is 0.131 e. The SMILES string of the molecule is CN(c1ccncn1)C1CCN(Cc2ccncn2)CC1. The van der Waals surface area contributed by atoms with Crippen LogP contribution in [0.15, 0.2) is 37.2 Å². The predicted molar refractivity (Wildman–Crippen MR) is 80.8 cm³/mol. The molecule has 6 nitrogen and oxygen atoms in total. The second-order valence-electron chi connectivity index (χ2n) is 5.39. The summed E-state index contributed by atoms with van der Waals surface area (Å²) < 4.78 is 0. The number of hydrogen-bond donors (Lipinski definition) is 0. The van der Waals surface area contributed by atoms with E-state index in [1.165, 1.54) is 0 Å². The van der Waals surface area contributed by atoms with Gasteiger partial charge < -0.3 is 4.90 Å². The Morgan fingerprint density at radius 1 is 1.10 bits per heavy atom. The molecule has 0 amide bonds. The Bertz CT molecular complexity index is 539. The molecular formula is C15H20N6. The van der Waals surface area contributed by atoms with Crippen LogP contribution >= 0.6 is 0 Å². The van der Waals surface area contributed by atoms with Crippen LogP contribution < -0.4 is 4.90 Å². The van der Waals surface area contributed by atoms with Gasteiger partial charge in [0, 0.05) is 45.1 Å². The van der Waals surface area contributed by atoms with Crippen molar-refractivity contribution in [2.24, 2.45) is 0 Å². The second kappa shape index (κ2) is 6.58. The van der Waals surface area contributed by atoms with Crippen LogP contribution in [0.5, 0.6) is 0 Å². The molecule has 1 aliphatic rings. The predicted octanol–water partition coefficient (Wildman–Crippen LogP) is 1.37. The molecule has 6 heteroatoms. The number of hydrogen-bond acceptors (Lipinski definition) is 6. The molecule has 0 radical (unpaired) electrons. The normalized spacial score (nSPS) is 16.8. The molecule has 21 heavy (non-hydrogen) atoms. The Morgan fingerprint density at radius 3 is 2.43 bits per heavy atom. The van der Waals surface area contributed by atoms with Gasteiger partial charge in [-0.2, -0.15) is 0 Å². The van der Waals surface area contributed by atoms with Crippen molar-refractivity contribution < 1.29 is 0 Å². The van der Waals surface area contributed by atoms with Crippen molar-refractivity contribution in [1.29, 1.82) is 0 Å². The van der Waals surface area contributed by atoms with Crippen LogP contribution in [-0.2, 0) is 6.54 Å². The van der Waals surface area contributed by atoms with Crippen molar-refractivity contribution in [1.82, 2.24) is 24.8 Å². The average molecular weight is 284 g/mol. The minimum absolute atomic E-state index is 0.543. The fraction of sp³-hybridized carbons (Fsp3) is 0.467. The molecule has 1 fully saturated rings. The maximum atomic E-state index is 4.32. The first kappa shape index (κ1) is 13.9. The fourth-order valence-corrected chi connectivity index (χ4v) is 2.78. The lowest BCUT2D eigenvalue weighted by Crippen LogP contribution is -2.43. The molecule has 0 aromatic carbocycles. The van der Waals surface area contributed by atoms with Gasteiger partial charge >= 0.3 is 0 Å². The number of aromatic nitrogens is 4. The van der Waals surface area contributed by atoms with Gasteiger partial charge in [-0.15, -0.1) is 0 Å². The summed E-state index contributed by atoms with van der Waals surface area (Å²) in [6, 6.07) is 4.49. The van der Waals surface area contributed by atoms with Gasteiger partial charge in [0.1, 0.15) is 18.5 Å². The monoisotopic (exact) mass is 284 g/mol. The first-order valence-electron chi connectivity index (χ1n) is 7.29. The summed E-state index contributed by atoms with van der Waals surface area (Å²) in [6.07, 6.45) is 9.11. The van der Waals surface area contributed by atoms with Crippen LogP contribution in [0, 0.1) is 0 Å². The summed E-state index contributed by atoms with van der Waals surface area (Å²) in [5, 5.41) is 0. The van der Waals surface area contributed by atoms with Gasteiger partial charge in [-0.3, -0.25) is 4.90 Å². The zero-order valence-electron chi connectivity index (χ0n) is 12.3. The van der Waals surface area contributed by atoms with Gasteiger partial charge in [0.2, 0.25) is 0 Å². The van der Waals surface area contributed by atoms with Crippen molar-refractivity contribution >= 4 is 5.82 Å². The van der Waals surface area contributed by atoms with Crippen molar-refractivity contribution in [2.45, 2.75) is 25.4 Å². The van der Waals surface area contributed by atoms with E-state index in [0.717, 1.165) is 44.0 Å². The molecule has 0 spiro atoms. The third kappa shape index (κ3) is 3.52. The van der Waals surface area contributed by atoms with Gasteiger partial charge in [-0.25, -0.2) is 19.9 Å². The first-order chi connectivity index (χ1) is 10.3. The molecule has 110 valence electrons. The lowest BCUT2D eigenvalue weighted by molar-refractivity contribution is 0.201. The second-order valence-corrected chi connectivity index (χ2v) is 5.39. The Kier molecular flexibility index (Phi) is 4.35. The lowest BCUT2D eigenvalue weighted by Gasteiger charge is -2.37. The van der Waals surface area contributed by atoms with Crippen LogP contribution in [0.4, 0.5) is 5.82 Å². The summed E-state index contributed by atoms with van der Waals surface area (Å²) >= 11 is 0. The summed E-state index contributed by atoms with van der Waals surface area (Å²) in [6.45, 7) is 3.08. The third-order valence-electron chi connectivity index (χ3n) is 4.06. The van der Waals surface area contributed by atoms with E-state index in [-0.39, 0.29) is 0 Å². The van der Waals surface area contributed by atoms with Crippen molar-refractivity contribution in [3.63, 3.8) is 0 Å². The van der Waals surface area contributed by atoms with Gasteiger partial charge in [-0.05, 0) is 25.0 Å². The molecule has 0 unspecified atom stereocenters. The standard InChI is InChI=1S/C15H20N6/c1-20(15-3-7-17-12-19-15)14-4-8-21(9-5-14)10-13-2-6-16-11-18-13/h2-3,6-7,11-12,14H,4-5,8-10H2,1H3. The number of likely N-dealkylation sites (tertiary alicyclic amines) is 1. The molecule has 0 atom stereocenters. The Morgan fingerprint density at radius 2 is 1.81 bits per heavy atom. The molecule has 1 aliphatic heterocycles. The van der Waals surface area contributed by atoms with Crippen LogP contribution in [-0.4, -0.2) is 51.0 Å². The molecule has 0 saturated carbocycles. The zero-order chi connectivity index (χ0) is 14.5. The van der Waals surface area contributed by atoms with Crippen LogP contribution in [0.25, 0.3) is 0 Å². The van der Waals surface area contributed by atoms with Gasteiger partial charge in [0.15, 0.2) is 0 Å². The van der Waals surface area contributed by atoms with E-state index in [9.17, 15) is 0 Å². The van der Waals surface area contributed by atoms with Gasteiger partial charge in [0.05, 0.1) is 5.69 Å². The molecular weight excluding hydrogens is 264 g/mol. The van der Waals surface area contributed by atoms with E-state index >= 15 is 0 Å². The Balaban J connectivity index is 1.53. The molecule has 0 bridgehead atoms. The molecule has 3 rings (SSSR count). The molecule has 3 heterocycles. The van der Waals surface area contributed by atoms with Gasteiger partial charge in [0.25, 0.3) is 0 Å². The zero-order valence-corrected chi connectivity index (χ0v) is 12.3. The summed E-state index contributed by atoms with van der Waals surface area (Å²) in [5.41, 5.74) is 1.09. The van der Waals surface area contributed by atoms with E-state index in [1.807, 2.05) is 12.1 Å². The molecule has 0 aliphatic carbocycles. The number of rotatable bonds is 4. The van der Waals surface area contributed by atoms with E-state index in [2.05, 4.69) is 36.8 Å². The molecule has 2 aromatic heterocycles. The van der Waals surface area contributed by atoms with Gasteiger partial charge in [-0.1, -0.05) is 0 Å². The average Bonchev–Trinajstić information content (AvgIpc) is 2.57. The van der Waals surface area contributed by atoms with E-state index in [1.54, 1.807) is 25.0 Å². The Hall–Kier alpha value is -2.08. The summed E-state index contributed by atoms with van der Waals surface area (Å²) in [7, 11) is 2.12. The molecule has 1 saturated heterocycles. The quantitative estimate of drug-likeness (QED) is 0.845. The largest absolute Gasteiger partial charge is 0.356 e. The highest BCUT2D eigenvalue weighted by atomic mass is 15.2. The van der Waals surface area contributed by atoms with Crippen LogP contribution in [0.3, 0.4) is 0 Å². The smallest absolute Gasteiger partial charge is 0.131 e. The third-order valence-corrected chi connectivity index (χ3v) is 4.06. The summed E-state index contributed by atoms with van der Waals surface area (Å²) in [5.74, 6) is 0.999.